The van der Waals surface area contributed by atoms with Crippen LogP contribution in [0, 0.1) is 0 Å². The number of carbonyl (C=O) groups excluding carboxylic acids is 1. The molecule has 9 nitrogen and oxygen atoms in total. The summed E-state index contributed by atoms with van der Waals surface area (Å²) < 4.78 is 69.2. The van der Waals surface area contributed by atoms with Crippen molar-refractivity contribution in [2.24, 2.45) is 0 Å². The largest absolute Gasteiger partial charge is 0.493 e. The van der Waals surface area contributed by atoms with E-state index in [1.165, 1.54) is 25.3 Å². The van der Waals surface area contributed by atoms with Gasteiger partial charge in [0.15, 0.2) is 22.4 Å². The number of nitrogens with zero attached hydrogens (tertiary/aromatic N) is 2. The van der Waals surface area contributed by atoms with Gasteiger partial charge in [0.05, 0.1) is 46.4 Å². The lowest BCUT2D eigenvalue weighted by Gasteiger charge is -2.32. The number of hydrogen-bond donors (Lipinski definition) is 3. The molecule has 1 unspecified atom stereocenters. The number of methoxy groups -OCH3 is 1. The van der Waals surface area contributed by atoms with Crippen LogP contribution in [0.2, 0.25) is 5.15 Å². The number of hydrogen-bond acceptors (Lipinski definition) is 8. The van der Waals surface area contributed by atoms with Crippen LogP contribution in [0.4, 0.5) is 18.9 Å². The second kappa shape index (κ2) is 12.0. The van der Waals surface area contributed by atoms with Crippen LogP contribution in [0.15, 0.2) is 24.3 Å². The van der Waals surface area contributed by atoms with Crippen molar-refractivity contribution in [2.45, 2.75) is 62.6 Å². The van der Waals surface area contributed by atoms with E-state index in [4.69, 9.17) is 26.2 Å². The van der Waals surface area contributed by atoms with Crippen molar-refractivity contribution in [3.8, 4) is 11.5 Å². The Kier molecular flexibility index (Phi) is 9.71. The molecule has 0 radical (unpaired) electrons. The van der Waals surface area contributed by atoms with Gasteiger partial charge in [-0.2, -0.15) is 13.2 Å². The fourth-order valence-electron chi connectivity index (χ4n) is 4.56. The number of aliphatic hydroxyl groups is 2. The zero-order valence-electron chi connectivity index (χ0n) is 23.7. The number of fused-ring (bicyclic) bond motifs is 1. The number of pyridine rings is 1. The number of carbonyl (C=O) groups is 1. The summed E-state index contributed by atoms with van der Waals surface area (Å²) in [6.07, 6.45) is -6.92. The number of aromatic nitrogens is 1. The number of halogens is 4. The van der Waals surface area contributed by atoms with Crippen molar-refractivity contribution in [3.05, 3.63) is 46.2 Å². The van der Waals surface area contributed by atoms with E-state index in [9.17, 15) is 27.3 Å². The Morgan fingerprint density at radius 2 is 1.90 bits per heavy atom. The third kappa shape index (κ3) is 6.80. The van der Waals surface area contributed by atoms with Gasteiger partial charge in [0, 0.05) is 31.1 Å². The molecule has 41 heavy (non-hydrogen) atoms. The van der Waals surface area contributed by atoms with Crippen LogP contribution in [-0.2, 0) is 22.1 Å². The minimum Gasteiger partial charge on any atom is -0.493 e. The van der Waals surface area contributed by atoms with E-state index in [0.29, 0.717) is 11.3 Å². The van der Waals surface area contributed by atoms with Gasteiger partial charge < -0.3 is 24.6 Å². The summed E-state index contributed by atoms with van der Waals surface area (Å²) in [5, 5.41) is 19.8. The molecule has 2 heterocycles. The van der Waals surface area contributed by atoms with Crippen LogP contribution in [0.25, 0.3) is 0 Å². The highest BCUT2D eigenvalue weighted by atomic mass is 35.5. The van der Waals surface area contributed by atoms with Gasteiger partial charge in [-0.15, -0.1) is 0 Å². The summed E-state index contributed by atoms with van der Waals surface area (Å²) in [5.41, 5.74) is -4.66. The first-order chi connectivity index (χ1) is 18.9. The molecule has 2 aromatic rings. The van der Waals surface area contributed by atoms with Crippen molar-refractivity contribution in [2.75, 3.05) is 38.8 Å². The minimum absolute atomic E-state index is 0.0188. The van der Waals surface area contributed by atoms with E-state index in [0.717, 1.165) is 6.07 Å². The first kappa shape index (κ1) is 33.1. The summed E-state index contributed by atoms with van der Waals surface area (Å²) in [6, 6.07) is 5.20. The van der Waals surface area contributed by atoms with E-state index in [2.05, 4.69) is 9.71 Å². The Hall–Kier alpha value is -2.45. The van der Waals surface area contributed by atoms with Gasteiger partial charge in [-0.3, -0.25) is 4.79 Å². The molecule has 228 valence electrons. The van der Waals surface area contributed by atoms with Gasteiger partial charge >= 0.3 is 6.18 Å². The molecule has 14 heteroatoms. The van der Waals surface area contributed by atoms with E-state index in [1.807, 2.05) is 0 Å². The van der Waals surface area contributed by atoms with Crippen LogP contribution >= 0.6 is 11.6 Å². The average molecular weight is 622 g/mol. The molecule has 0 spiro atoms. The smallest absolute Gasteiger partial charge is 0.422 e. The lowest BCUT2D eigenvalue weighted by molar-refractivity contribution is -0.270. The van der Waals surface area contributed by atoms with E-state index in [1.54, 1.807) is 39.6 Å². The molecule has 0 amide bonds. The van der Waals surface area contributed by atoms with E-state index in [-0.39, 0.29) is 42.0 Å². The molecule has 1 aromatic carbocycles. The highest BCUT2D eigenvalue weighted by Gasteiger charge is 2.57. The summed E-state index contributed by atoms with van der Waals surface area (Å²) in [7, 11) is 1.44. The Morgan fingerprint density at radius 3 is 2.46 bits per heavy atom. The van der Waals surface area contributed by atoms with Gasteiger partial charge in [0.2, 0.25) is 5.60 Å². The summed E-state index contributed by atoms with van der Waals surface area (Å²) >= 11 is 6.38. The van der Waals surface area contributed by atoms with Crippen molar-refractivity contribution >= 4 is 34.1 Å². The van der Waals surface area contributed by atoms with Crippen LogP contribution in [0.1, 0.15) is 62.2 Å². The second-order valence-electron chi connectivity index (χ2n) is 11.1. The number of anilines is 1. The van der Waals surface area contributed by atoms with Gasteiger partial charge in [-0.25, -0.2) is 13.9 Å². The van der Waals surface area contributed by atoms with Crippen molar-refractivity contribution in [1.82, 2.24) is 9.71 Å². The summed E-state index contributed by atoms with van der Waals surface area (Å²) in [5.74, 6) is -0.277. The van der Waals surface area contributed by atoms with Crippen molar-refractivity contribution in [1.29, 1.82) is 0 Å². The highest BCUT2D eigenvalue weighted by Crippen LogP contribution is 2.48. The fourth-order valence-corrected chi connectivity index (χ4v) is 5.78. The maximum absolute atomic E-state index is 14.5. The predicted molar refractivity (Wildman–Crippen MR) is 150 cm³/mol. The zero-order valence-corrected chi connectivity index (χ0v) is 25.3. The molecular formula is C27H35ClF3N3O6S. The molecule has 1 aliphatic rings. The molecule has 1 aliphatic heterocycles. The number of likely N-dealkylation sites (N-methyl/N-ethyl adjacent to an activating group) is 1. The maximum Gasteiger partial charge on any atom is 0.422 e. The molecule has 0 fully saturated rings. The number of ketones is 1. The summed E-state index contributed by atoms with van der Waals surface area (Å²) in [6.45, 7) is 6.93. The number of benzene rings is 1. The molecule has 0 saturated carbocycles. The van der Waals surface area contributed by atoms with Gasteiger partial charge in [0.1, 0.15) is 6.61 Å². The van der Waals surface area contributed by atoms with Crippen molar-refractivity contribution in [3.63, 3.8) is 0 Å². The monoisotopic (exact) mass is 621 g/mol. The molecule has 3 atom stereocenters. The quantitative estimate of drug-likeness (QED) is 0.252. The predicted octanol–water partition coefficient (Wildman–Crippen LogP) is 4.24. The minimum atomic E-state index is -5.21. The first-order valence-corrected chi connectivity index (χ1v) is 14.3. The molecule has 3 rings (SSSR count). The lowest BCUT2D eigenvalue weighted by Crippen LogP contribution is -2.48. The second-order valence-corrected chi connectivity index (χ2v) is 13.4. The summed E-state index contributed by atoms with van der Waals surface area (Å²) in [4.78, 5) is 18.6. The van der Waals surface area contributed by atoms with Crippen LogP contribution in [-0.4, -0.2) is 70.0 Å². The third-order valence-corrected chi connectivity index (χ3v) is 8.81. The maximum atomic E-state index is 14.5. The molecule has 0 bridgehead atoms. The van der Waals surface area contributed by atoms with Gasteiger partial charge in [-0.1, -0.05) is 11.6 Å². The number of nitrogens with one attached hydrogen (secondary N) is 1. The Morgan fingerprint density at radius 1 is 1.24 bits per heavy atom. The van der Waals surface area contributed by atoms with E-state index < -0.39 is 57.4 Å². The van der Waals surface area contributed by atoms with Crippen LogP contribution < -0.4 is 19.1 Å². The zero-order chi connectivity index (χ0) is 31.0. The first-order valence-electron chi connectivity index (χ1n) is 12.7. The van der Waals surface area contributed by atoms with Crippen molar-refractivity contribution < 1.29 is 41.9 Å². The average Bonchev–Trinajstić information content (AvgIpc) is 3.13. The van der Waals surface area contributed by atoms with E-state index >= 15 is 0 Å². The van der Waals surface area contributed by atoms with Gasteiger partial charge in [0.25, 0.3) is 0 Å². The van der Waals surface area contributed by atoms with Crippen LogP contribution in [0.5, 0.6) is 11.5 Å². The Labute approximate surface area is 244 Å². The Balaban J connectivity index is 1.97. The SMILES string of the molecule is COc1cc(C(=O)CC[C@@](O)(c2cc3c(c(Cl)n2)N(C)C[C@@]3(C)NS(=O)C(C)(C)C)C(F)(F)F)ccc1OCCO. The normalized spacial score (nSPS) is 19.5. The molecular weight excluding hydrogens is 587 g/mol. The number of ether oxygens (including phenoxy) is 2. The lowest BCUT2D eigenvalue weighted by atomic mass is 9.87. The molecule has 1 aromatic heterocycles. The molecule has 0 saturated heterocycles. The standard InChI is InChI=1S/C27H35ClF3N3O6S/c1-24(2,3)41(38)33-25(4)15-34(5)22-17(25)14-21(32-23(22)28)26(37,27(29,30)31)10-9-18(36)16-7-8-19(40-12-11-35)20(13-16)39-6/h7-8,13-14,33,35,37H,9-12,15H2,1-6H3/t25-,26-,41?/m1/s1. The third-order valence-electron chi connectivity index (χ3n) is 6.79. The fraction of sp³-hybridized carbons (Fsp3) is 0.556. The highest BCUT2D eigenvalue weighted by molar-refractivity contribution is 7.84. The number of Topliss-reactive ketones (excluding diaryl/α,β-unsaturated/α-hetero) is 1. The topological polar surface area (TPSA) is 121 Å². The Bertz CT molecular complexity index is 1320. The van der Waals surface area contributed by atoms with Crippen LogP contribution in [0.3, 0.4) is 0 Å². The number of rotatable bonds is 11. The molecule has 0 aliphatic carbocycles. The molecule has 3 N–H and O–H groups in total. The number of alkyl halides is 3. The number of aliphatic hydroxyl groups excluding tert-OH is 1. The van der Waals surface area contributed by atoms with Gasteiger partial charge in [-0.05, 0) is 58.4 Å².